The van der Waals surface area contributed by atoms with E-state index in [0.717, 1.165) is 17.8 Å². The van der Waals surface area contributed by atoms with Crippen LogP contribution in [0.15, 0.2) is 18.2 Å². The Bertz CT molecular complexity index is 445. The van der Waals surface area contributed by atoms with Crippen molar-refractivity contribution in [2.75, 3.05) is 11.4 Å². The fraction of sp³-hybridized carbons (Fsp3) is 0.538. The molecule has 0 spiro atoms. The Balaban J connectivity index is 2.29. The Labute approximate surface area is 101 Å². The van der Waals surface area contributed by atoms with Crippen molar-refractivity contribution < 1.29 is 4.92 Å². The zero-order valence-corrected chi connectivity index (χ0v) is 10.5. The van der Waals surface area contributed by atoms with Gasteiger partial charge in [-0.25, -0.2) is 0 Å². The van der Waals surface area contributed by atoms with Crippen molar-refractivity contribution in [3.05, 3.63) is 33.9 Å². The van der Waals surface area contributed by atoms with Crippen molar-refractivity contribution in [3.63, 3.8) is 0 Å². The van der Waals surface area contributed by atoms with Gasteiger partial charge in [0.2, 0.25) is 0 Å². The second kappa shape index (κ2) is 4.35. The summed E-state index contributed by atoms with van der Waals surface area (Å²) < 4.78 is 0. The molecule has 0 aliphatic carbocycles. The molecule has 4 heteroatoms. The van der Waals surface area contributed by atoms with Crippen LogP contribution in [0.25, 0.3) is 0 Å². The van der Waals surface area contributed by atoms with Gasteiger partial charge >= 0.3 is 0 Å². The van der Waals surface area contributed by atoms with Gasteiger partial charge in [0.15, 0.2) is 0 Å². The summed E-state index contributed by atoms with van der Waals surface area (Å²) in [5, 5.41) is 10.8. The maximum Gasteiger partial charge on any atom is 0.272 e. The third-order valence-corrected chi connectivity index (χ3v) is 3.85. The van der Waals surface area contributed by atoms with Crippen LogP contribution in [-0.4, -0.2) is 17.5 Å². The van der Waals surface area contributed by atoms with Gasteiger partial charge in [-0.3, -0.25) is 10.1 Å². The Morgan fingerprint density at radius 2 is 2.12 bits per heavy atom. The molecular weight excluding hydrogens is 216 g/mol. The van der Waals surface area contributed by atoms with E-state index in [2.05, 4.69) is 18.7 Å². The molecule has 1 aliphatic heterocycles. The molecule has 0 saturated carbocycles. The van der Waals surface area contributed by atoms with Crippen LogP contribution < -0.4 is 4.90 Å². The summed E-state index contributed by atoms with van der Waals surface area (Å²) in [6.07, 6.45) is 1.19. The second-order valence-electron chi connectivity index (χ2n) is 4.93. The minimum absolute atomic E-state index is 0.202. The highest BCUT2D eigenvalue weighted by atomic mass is 16.6. The third kappa shape index (κ3) is 2.12. The summed E-state index contributed by atoms with van der Waals surface area (Å²) in [4.78, 5) is 12.8. The number of nitro benzene ring substituents is 1. The van der Waals surface area contributed by atoms with Gasteiger partial charge in [0.1, 0.15) is 0 Å². The lowest BCUT2D eigenvalue weighted by Gasteiger charge is -2.25. The van der Waals surface area contributed by atoms with Gasteiger partial charge in [0, 0.05) is 29.9 Å². The van der Waals surface area contributed by atoms with Gasteiger partial charge in [-0.15, -0.1) is 0 Å². The lowest BCUT2D eigenvalue weighted by molar-refractivity contribution is -0.385. The first-order chi connectivity index (χ1) is 8.00. The molecule has 4 nitrogen and oxygen atoms in total. The van der Waals surface area contributed by atoms with Gasteiger partial charge in [-0.1, -0.05) is 6.92 Å². The van der Waals surface area contributed by atoms with Crippen LogP contribution in [0.5, 0.6) is 0 Å². The molecule has 1 saturated heterocycles. The predicted octanol–water partition coefficient (Wildman–Crippen LogP) is 3.14. The molecule has 0 aromatic heterocycles. The van der Waals surface area contributed by atoms with Crippen LogP contribution in [0.1, 0.15) is 25.8 Å². The predicted molar refractivity (Wildman–Crippen MR) is 68.4 cm³/mol. The van der Waals surface area contributed by atoms with Crippen molar-refractivity contribution >= 4 is 11.4 Å². The molecule has 17 heavy (non-hydrogen) atoms. The minimum Gasteiger partial charge on any atom is -0.369 e. The SMILES string of the molecule is Cc1cc(N2CCC(C)C2C)ccc1[N+](=O)[O-]. The Morgan fingerprint density at radius 1 is 1.41 bits per heavy atom. The van der Waals surface area contributed by atoms with Gasteiger partial charge < -0.3 is 4.90 Å². The van der Waals surface area contributed by atoms with Gasteiger partial charge in [0.05, 0.1) is 4.92 Å². The van der Waals surface area contributed by atoms with Crippen LogP contribution in [-0.2, 0) is 0 Å². The molecule has 0 amide bonds. The van der Waals surface area contributed by atoms with Crippen molar-refractivity contribution in [1.82, 2.24) is 0 Å². The van der Waals surface area contributed by atoms with Crippen molar-refractivity contribution in [3.8, 4) is 0 Å². The molecule has 1 aromatic rings. The highest BCUT2D eigenvalue weighted by Crippen LogP contribution is 2.31. The van der Waals surface area contributed by atoms with Crippen molar-refractivity contribution in [1.29, 1.82) is 0 Å². The molecule has 92 valence electrons. The van der Waals surface area contributed by atoms with E-state index in [4.69, 9.17) is 0 Å². The third-order valence-electron chi connectivity index (χ3n) is 3.85. The fourth-order valence-electron chi connectivity index (χ4n) is 2.48. The first-order valence-electron chi connectivity index (χ1n) is 6.02. The molecule has 0 bridgehead atoms. The van der Waals surface area contributed by atoms with E-state index >= 15 is 0 Å². The summed E-state index contributed by atoms with van der Waals surface area (Å²) >= 11 is 0. The number of aryl methyl sites for hydroxylation is 1. The highest BCUT2D eigenvalue weighted by Gasteiger charge is 2.27. The number of hydrogen-bond acceptors (Lipinski definition) is 3. The molecule has 0 radical (unpaired) electrons. The Hall–Kier alpha value is -1.58. The van der Waals surface area contributed by atoms with E-state index in [1.807, 2.05) is 12.1 Å². The molecule has 1 aliphatic rings. The number of nitrogens with zero attached hydrogens (tertiary/aromatic N) is 2. The van der Waals surface area contributed by atoms with Crippen molar-refractivity contribution in [2.45, 2.75) is 33.2 Å². The maximum atomic E-state index is 10.8. The summed E-state index contributed by atoms with van der Waals surface area (Å²) in [6.45, 7) is 7.31. The van der Waals surface area contributed by atoms with Crippen LogP contribution in [0.3, 0.4) is 0 Å². The first kappa shape index (κ1) is 11.9. The molecule has 1 heterocycles. The van der Waals surface area contributed by atoms with E-state index in [1.54, 1.807) is 13.0 Å². The number of rotatable bonds is 2. The first-order valence-corrected chi connectivity index (χ1v) is 6.02. The largest absolute Gasteiger partial charge is 0.369 e. The van der Waals surface area contributed by atoms with E-state index in [1.165, 1.54) is 6.42 Å². The van der Waals surface area contributed by atoms with E-state index in [-0.39, 0.29) is 10.6 Å². The molecule has 2 atom stereocenters. The quantitative estimate of drug-likeness (QED) is 0.583. The van der Waals surface area contributed by atoms with Crippen LogP contribution in [0.2, 0.25) is 0 Å². The van der Waals surface area contributed by atoms with Crippen molar-refractivity contribution in [2.24, 2.45) is 5.92 Å². The normalized spacial score (nSPS) is 24.1. The number of nitro groups is 1. The van der Waals surface area contributed by atoms with Crippen LogP contribution in [0.4, 0.5) is 11.4 Å². The van der Waals surface area contributed by atoms with Crippen LogP contribution in [0, 0.1) is 23.0 Å². The van der Waals surface area contributed by atoms with E-state index in [0.29, 0.717) is 12.0 Å². The topological polar surface area (TPSA) is 46.4 Å². The standard InChI is InChI=1S/C13H18N2O2/c1-9-6-7-14(11(9)3)12-4-5-13(15(16)17)10(2)8-12/h4-5,8-9,11H,6-7H2,1-3H3. The highest BCUT2D eigenvalue weighted by molar-refractivity contribution is 5.56. The lowest BCUT2D eigenvalue weighted by atomic mass is 10.0. The van der Waals surface area contributed by atoms with E-state index < -0.39 is 0 Å². The summed E-state index contributed by atoms with van der Waals surface area (Å²) in [7, 11) is 0. The van der Waals surface area contributed by atoms with Gasteiger partial charge in [-0.05, 0) is 38.3 Å². The fourth-order valence-corrected chi connectivity index (χ4v) is 2.48. The Kier molecular flexibility index (Phi) is 3.05. The van der Waals surface area contributed by atoms with Gasteiger partial charge in [0.25, 0.3) is 5.69 Å². The lowest BCUT2D eigenvalue weighted by Crippen LogP contribution is -2.29. The van der Waals surface area contributed by atoms with Crippen LogP contribution >= 0.6 is 0 Å². The van der Waals surface area contributed by atoms with E-state index in [9.17, 15) is 10.1 Å². The zero-order valence-electron chi connectivity index (χ0n) is 10.5. The smallest absolute Gasteiger partial charge is 0.272 e. The molecule has 0 N–H and O–H groups in total. The number of hydrogen-bond donors (Lipinski definition) is 0. The molecule has 1 fully saturated rings. The average molecular weight is 234 g/mol. The summed E-state index contributed by atoms with van der Waals surface area (Å²) in [5.74, 6) is 0.686. The Morgan fingerprint density at radius 3 is 2.59 bits per heavy atom. The summed E-state index contributed by atoms with van der Waals surface area (Å²) in [5.41, 5.74) is 2.04. The monoisotopic (exact) mass is 234 g/mol. The number of anilines is 1. The molecule has 2 rings (SSSR count). The minimum atomic E-state index is -0.324. The maximum absolute atomic E-state index is 10.8. The second-order valence-corrected chi connectivity index (χ2v) is 4.93. The van der Waals surface area contributed by atoms with Gasteiger partial charge in [-0.2, -0.15) is 0 Å². The number of benzene rings is 1. The molecule has 2 unspecified atom stereocenters. The molecule has 1 aromatic carbocycles. The average Bonchev–Trinajstić information content (AvgIpc) is 2.59. The zero-order chi connectivity index (χ0) is 12.6. The molecular formula is C13H18N2O2. The summed E-state index contributed by atoms with van der Waals surface area (Å²) in [6, 6.07) is 5.91.